The van der Waals surface area contributed by atoms with Crippen LogP contribution in [-0.2, 0) is 11.2 Å². The van der Waals surface area contributed by atoms with E-state index in [1.165, 1.54) is 0 Å². The molecular formula is C11H12Cl2O2. The quantitative estimate of drug-likeness (QED) is 0.745. The summed E-state index contributed by atoms with van der Waals surface area (Å²) in [4.78, 5) is 10.6. The van der Waals surface area contributed by atoms with Gasteiger partial charge in [-0.15, -0.1) is 0 Å². The van der Waals surface area contributed by atoms with Crippen molar-refractivity contribution in [3.05, 3.63) is 28.8 Å². The minimum absolute atomic E-state index is 0.309. The highest BCUT2D eigenvalue weighted by atomic mass is 35.5. The first-order valence-corrected chi connectivity index (χ1v) is 5.40. The van der Waals surface area contributed by atoms with Crippen molar-refractivity contribution >= 4 is 28.4 Å². The fourth-order valence-corrected chi connectivity index (χ4v) is 1.69. The van der Waals surface area contributed by atoms with Crippen LogP contribution in [0.1, 0.15) is 18.4 Å². The second-order valence-electron chi connectivity index (χ2n) is 3.16. The lowest BCUT2D eigenvalue weighted by molar-refractivity contribution is -0.111. The second-order valence-corrected chi connectivity index (χ2v) is 4.02. The molecule has 82 valence electrons. The van der Waals surface area contributed by atoms with Crippen LogP contribution in [0.4, 0.5) is 0 Å². The van der Waals surface area contributed by atoms with E-state index in [0.717, 1.165) is 17.7 Å². The molecule has 0 N–H and O–H groups in total. The molecule has 0 radical (unpaired) electrons. The summed E-state index contributed by atoms with van der Waals surface area (Å²) in [6.07, 6.45) is 1.82. The molecule has 4 heteroatoms. The van der Waals surface area contributed by atoms with Crippen molar-refractivity contribution in [3.63, 3.8) is 0 Å². The average molecular weight is 247 g/mol. The van der Waals surface area contributed by atoms with Crippen molar-refractivity contribution in [2.45, 2.75) is 19.3 Å². The Labute approximate surface area is 99.1 Å². The monoisotopic (exact) mass is 246 g/mol. The maximum Gasteiger partial charge on any atom is 0.221 e. The van der Waals surface area contributed by atoms with Crippen LogP contribution in [0.25, 0.3) is 0 Å². The molecule has 0 amide bonds. The fraction of sp³-hybridized carbons (Fsp3) is 0.364. The lowest BCUT2D eigenvalue weighted by atomic mass is 10.1. The minimum atomic E-state index is -0.309. The molecule has 1 aromatic rings. The Morgan fingerprint density at radius 1 is 1.47 bits per heavy atom. The van der Waals surface area contributed by atoms with Crippen molar-refractivity contribution in [3.8, 4) is 5.75 Å². The molecule has 0 heterocycles. The van der Waals surface area contributed by atoms with Crippen LogP contribution in [0.15, 0.2) is 18.2 Å². The number of carbonyl (C=O) groups excluding carboxylic acids is 1. The van der Waals surface area contributed by atoms with E-state index in [-0.39, 0.29) is 5.24 Å². The Hall–Kier alpha value is -0.730. The van der Waals surface area contributed by atoms with Gasteiger partial charge in [0.25, 0.3) is 0 Å². The van der Waals surface area contributed by atoms with E-state index in [2.05, 4.69) is 0 Å². The molecule has 15 heavy (non-hydrogen) atoms. The van der Waals surface area contributed by atoms with E-state index in [1.807, 2.05) is 12.1 Å². The number of ether oxygens (including phenoxy) is 1. The van der Waals surface area contributed by atoms with Crippen LogP contribution >= 0.6 is 23.2 Å². The molecule has 0 atom stereocenters. The number of halogens is 2. The summed E-state index contributed by atoms with van der Waals surface area (Å²) in [6.45, 7) is 0. The predicted molar refractivity (Wildman–Crippen MR) is 61.8 cm³/mol. The third-order valence-electron chi connectivity index (χ3n) is 2.06. The zero-order valence-corrected chi connectivity index (χ0v) is 9.94. The molecule has 0 bridgehead atoms. The number of hydrogen-bond donors (Lipinski definition) is 0. The number of rotatable bonds is 5. The van der Waals surface area contributed by atoms with Gasteiger partial charge in [-0.2, -0.15) is 0 Å². The molecule has 0 fully saturated rings. The molecule has 0 aliphatic heterocycles. The van der Waals surface area contributed by atoms with Crippen molar-refractivity contribution in [1.29, 1.82) is 0 Å². The summed E-state index contributed by atoms with van der Waals surface area (Å²) in [7, 11) is 1.61. The Morgan fingerprint density at radius 2 is 2.20 bits per heavy atom. The summed E-state index contributed by atoms with van der Waals surface area (Å²) in [5.74, 6) is 0.793. The first kappa shape index (κ1) is 12.3. The normalized spacial score (nSPS) is 10.1. The lowest BCUT2D eigenvalue weighted by Gasteiger charge is -2.07. The fourth-order valence-electron chi connectivity index (χ4n) is 1.36. The third kappa shape index (κ3) is 4.10. The SMILES string of the molecule is COc1ccc(Cl)cc1CCCC(=O)Cl. The van der Waals surface area contributed by atoms with E-state index in [1.54, 1.807) is 13.2 Å². The van der Waals surface area contributed by atoms with Crippen LogP contribution in [-0.4, -0.2) is 12.4 Å². The van der Waals surface area contributed by atoms with Gasteiger partial charge in [0.2, 0.25) is 5.24 Å². The van der Waals surface area contributed by atoms with Crippen LogP contribution in [0, 0.1) is 0 Å². The zero-order chi connectivity index (χ0) is 11.3. The van der Waals surface area contributed by atoms with E-state index in [0.29, 0.717) is 17.9 Å². The van der Waals surface area contributed by atoms with Crippen molar-refractivity contribution in [1.82, 2.24) is 0 Å². The lowest BCUT2D eigenvalue weighted by Crippen LogP contribution is -1.94. The van der Waals surface area contributed by atoms with Crippen LogP contribution < -0.4 is 4.74 Å². The van der Waals surface area contributed by atoms with Crippen LogP contribution in [0.3, 0.4) is 0 Å². The number of aryl methyl sites for hydroxylation is 1. The van der Waals surface area contributed by atoms with E-state index < -0.39 is 0 Å². The van der Waals surface area contributed by atoms with E-state index in [9.17, 15) is 4.79 Å². The smallest absolute Gasteiger partial charge is 0.221 e. The summed E-state index contributed by atoms with van der Waals surface area (Å²) < 4.78 is 5.18. The first-order chi connectivity index (χ1) is 7.13. The maximum absolute atomic E-state index is 10.6. The molecule has 0 aliphatic rings. The highest BCUT2D eigenvalue weighted by Crippen LogP contribution is 2.24. The van der Waals surface area contributed by atoms with Crippen molar-refractivity contribution < 1.29 is 9.53 Å². The molecule has 2 nitrogen and oxygen atoms in total. The van der Waals surface area contributed by atoms with Gasteiger partial charge in [-0.25, -0.2) is 0 Å². The van der Waals surface area contributed by atoms with Gasteiger partial charge in [0.15, 0.2) is 0 Å². The van der Waals surface area contributed by atoms with Crippen molar-refractivity contribution in [2.75, 3.05) is 7.11 Å². The van der Waals surface area contributed by atoms with Gasteiger partial charge >= 0.3 is 0 Å². The summed E-state index contributed by atoms with van der Waals surface area (Å²) in [5, 5.41) is 0.360. The highest BCUT2D eigenvalue weighted by Gasteiger charge is 2.04. The van der Waals surface area contributed by atoms with Crippen LogP contribution in [0.5, 0.6) is 5.75 Å². The van der Waals surface area contributed by atoms with Gasteiger partial charge in [0.05, 0.1) is 7.11 Å². The molecule has 0 spiro atoms. The Morgan fingerprint density at radius 3 is 2.80 bits per heavy atom. The third-order valence-corrected chi connectivity index (χ3v) is 2.49. The summed E-state index contributed by atoms with van der Waals surface area (Å²) >= 11 is 11.1. The van der Waals surface area contributed by atoms with Gasteiger partial charge < -0.3 is 4.74 Å². The molecule has 1 rings (SSSR count). The number of hydrogen-bond acceptors (Lipinski definition) is 2. The standard InChI is InChI=1S/C11H12Cl2O2/c1-15-10-6-5-9(12)7-8(10)3-2-4-11(13)14/h5-7H,2-4H2,1H3. The maximum atomic E-state index is 10.6. The van der Waals surface area contributed by atoms with Gasteiger partial charge in [-0.05, 0) is 48.2 Å². The summed E-state index contributed by atoms with van der Waals surface area (Å²) in [5.41, 5.74) is 1.00. The van der Waals surface area contributed by atoms with E-state index >= 15 is 0 Å². The van der Waals surface area contributed by atoms with Gasteiger partial charge in [-0.3, -0.25) is 4.79 Å². The van der Waals surface area contributed by atoms with Gasteiger partial charge in [-0.1, -0.05) is 11.6 Å². The topological polar surface area (TPSA) is 26.3 Å². The molecule has 0 saturated heterocycles. The Kier molecular flexibility index (Phi) is 4.92. The minimum Gasteiger partial charge on any atom is -0.496 e. The highest BCUT2D eigenvalue weighted by molar-refractivity contribution is 6.63. The second kappa shape index (κ2) is 5.99. The largest absolute Gasteiger partial charge is 0.496 e. The number of methoxy groups -OCH3 is 1. The van der Waals surface area contributed by atoms with Crippen LogP contribution in [0.2, 0.25) is 5.02 Å². The average Bonchev–Trinajstić information content (AvgIpc) is 2.17. The predicted octanol–water partition coefficient (Wildman–Crippen LogP) is 3.44. The molecule has 0 aromatic heterocycles. The number of benzene rings is 1. The summed E-state index contributed by atoms with van der Waals surface area (Å²) in [6, 6.07) is 5.44. The van der Waals surface area contributed by atoms with E-state index in [4.69, 9.17) is 27.9 Å². The van der Waals surface area contributed by atoms with Gasteiger partial charge in [0.1, 0.15) is 5.75 Å². The molecule has 0 aliphatic carbocycles. The zero-order valence-electron chi connectivity index (χ0n) is 8.43. The Bertz CT molecular complexity index is 350. The van der Waals surface area contributed by atoms with Gasteiger partial charge in [0, 0.05) is 11.4 Å². The molecule has 0 unspecified atom stereocenters. The molecular weight excluding hydrogens is 235 g/mol. The molecule has 1 aromatic carbocycles. The Balaban J connectivity index is 2.65. The first-order valence-electron chi connectivity index (χ1n) is 4.64. The van der Waals surface area contributed by atoms with Crippen molar-refractivity contribution in [2.24, 2.45) is 0 Å². The number of carbonyl (C=O) groups is 1. The molecule has 0 saturated carbocycles.